The van der Waals surface area contributed by atoms with Crippen molar-refractivity contribution in [1.29, 1.82) is 0 Å². The first kappa shape index (κ1) is 20.0. The van der Waals surface area contributed by atoms with Crippen LogP contribution in [0.15, 0.2) is 5.16 Å². The van der Waals surface area contributed by atoms with E-state index < -0.39 is 0 Å². The largest absolute Gasteiger partial charge is 0.391 e. The van der Waals surface area contributed by atoms with Gasteiger partial charge in [0, 0.05) is 30.2 Å². The van der Waals surface area contributed by atoms with Crippen molar-refractivity contribution in [3.05, 3.63) is 0 Å². The Labute approximate surface area is 176 Å². The normalized spacial score (nSPS) is 50.1. The molecule has 4 aliphatic carbocycles. The maximum absolute atomic E-state index is 12.7. The van der Waals surface area contributed by atoms with Crippen molar-refractivity contribution in [1.82, 2.24) is 5.32 Å². The molecule has 0 radical (unpaired) electrons. The van der Waals surface area contributed by atoms with E-state index in [1.54, 1.807) is 0 Å². The van der Waals surface area contributed by atoms with Crippen molar-refractivity contribution < 1.29 is 9.63 Å². The van der Waals surface area contributed by atoms with Gasteiger partial charge in [0.1, 0.15) is 11.9 Å². The Balaban J connectivity index is 1.38. The van der Waals surface area contributed by atoms with Gasteiger partial charge in [0.15, 0.2) is 0 Å². The predicted molar refractivity (Wildman–Crippen MR) is 116 cm³/mol. The van der Waals surface area contributed by atoms with Gasteiger partial charge in [-0.2, -0.15) is 0 Å². The maximum atomic E-state index is 12.7. The van der Waals surface area contributed by atoms with Crippen molar-refractivity contribution in [3.8, 4) is 0 Å². The fourth-order valence-corrected chi connectivity index (χ4v) is 8.70. The Morgan fingerprint density at radius 2 is 1.79 bits per heavy atom. The summed E-state index contributed by atoms with van der Waals surface area (Å²) in [6.07, 6.45) is 10.6. The van der Waals surface area contributed by atoms with Gasteiger partial charge < -0.3 is 10.2 Å². The van der Waals surface area contributed by atoms with Crippen molar-refractivity contribution in [2.24, 2.45) is 45.1 Å². The van der Waals surface area contributed by atoms with E-state index >= 15 is 0 Å². The molecule has 1 heterocycles. The molecule has 5 aliphatic rings. The van der Waals surface area contributed by atoms with Crippen LogP contribution in [0.1, 0.15) is 85.5 Å². The molecule has 7 atom stereocenters. The zero-order chi connectivity index (χ0) is 20.4. The number of Topliss-reactive ketones (excluding diaryl/α,β-unsaturated/α-hetero) is 1. The number of fused-ring (bicyclic) bond motifs is 5. The molecule has 0 aromatic heterocycles. The molecule has 4 heteroatoms. The van der Waals surface area contributed by atoms with E-state index in [1.165, 1.54) is 31.4 Å². The number of nitrogens with zero attached hydrogens (tertiary/aromatic N) is 1. The molecule has 0 bridgehead atoms. The van der Waals surface area contributed by atoms with Crippen LogP contribution in [0.4, 0.5) is 0 Å². The topological polar surface area (TPSA) is 50.7 Å². The highest BCUT2D eigenvalue weighted by Crippen LogP contribution is 2.67. The molecule has 1 saturated heterocycles. The number of nitrogens with one attached hydrogen (secondary N) is 1. The summed E-state index contributed by atoms with van der Waals surface area (Å²) in [6, 6.07) is 0. The first-order valence-corrected chi connectivity index (χ1v) is 12.2. The Morgan fingerprint density at radius 1 is 0.966 bits per heavy atom. The van der Waals surface area contributed by atoms with Crippen LogP contribution in [-0.2, 0) is 9.63 Å². The van der Waals surface area contributed by atoms with Crippen LogP contribution < -0.4 is 5.32 Å². The average Bonchev–Trinajstić information content (AvgIpc) is 3.29. The van der Waals surface area contributed by atoms with E-state index in [1.807, 2.05) is 0 Å². The first-order chi connectivity index (χ1) is 13.8. The summed E-state index contributed by atoms with van der Waals surface area (Å²) >= 11 is 0. The molecule has 5 rings (SSSR count). The van der Waals surface area contributed by atoms with Gasteiger partial charge in [-0.05, 0) is 80.6 Å². The lowest BCUT2D eigenvalue weighted by molar-refractivity contribution is -0.141. The Bertz CT molecular complexity index is 710. The van der Waals surface area contributed by atoms with E-state index in [0.717, 1.165) is 57.0 Å². The zero-order valence-corrected chi connectivity index (χ0v) is 18.9. The van der Waals surface area contributed by atoms with Gasteiger partial charge in [-0.25, -0.2) is 0 Å². The standard InChI is InChI=1S/C25H40N2O2/c1-23(2)20-7-5-17-18-6-8-22(28)25(18,4)12-9-19(17)24(20,3)13-10-21(23)27-29-16-11-14-26-15-16/h16-20,26H,5-15H2,1-4H3/b27-21+/t16-,17+,18+,19+,20?,24-,25+/m1/s1. The predicted octanol–water partition coefficient (Wildman–Crippen LogP) is 4.97. The lowest BCUT2D eigenvalue weighted by atomic mass is 9.41. The fraction of sp³-hybridized carbons (Fsp3) is 0.920. The molecular weight excluding hydrogens is 360 g/mol. The van der Waals surface area contributed by atoms with Crippen molar-refractivity contribution in [2.45, 2.75) is 91.6 Å². The van der Waals surface area contributed by atoms with Crippen LogP contribution in [0.5, 0.6) is 0 Å². The maximum Gasteiger partial charge on any atom is 0.141 e. The SMILES string of the molecule is CC1(C)/C(=N/O[C@@H]2CCNC2)CC[C@@]2(C)C1CC[C@@H]1[C@@H]2CC[C@]2(C)C(=O)CC[C@@H]12. The number of hydrogen-bond acceptors (Lipinski definition) is 4. The van der Waals surface area contributed by atoms with Crippen molar-refractivity contribution in [3.63, 3.8) is 0 Å². The smallest absolute Gasteiger partial charge is 0.141 e. The van der Waals surface area contributed by atoms with E-state index in [4.69, 9.17) is 9.99 Å². The van der Waals surface area contributed by atoms with Gasteiger partial charge in [-0.3, -0.25) is 4.79 Å². The second kappa shape index (κ2) is 6.80. The highest BCUT2D eigenvalue weighted by molar-refractivity contribution is 5.90. The van der Waals surface area contributed by atoms with Gasteiger partial charge in [-0.15, -0.1) is 0 Å². The molecule has 29 heavy (non-hydrogen) atoms. The minimum atomic E-state index is -0.00960. The van der Waals surface area contributed by atoms with E-state index in [0.29, 0.717) is 23.0 Å². The minimum Gasteiger partial charge on any atom is -0.391 e. The number of carbonyl (C=O) groups excluding carboxylic acids is 1. The van der Waals surface area contributed by atoms with Crippen LogP contribution >= 0.6 is 0 Å². The van der Waals surface area contributed by atoms with Gasteiger partial charge in [0.2, 0.25) is 0 Å². The summed E-state index contributed by atoms with van der Waals surface area (Å²) in [5, 5.41) is 8.12. The van der Waals surface area contributed by atoms with E-state index in [9.17, 15) is 4.79 Å². The summed E-state index contributed by atoms with van der Waals surface area (Å²) in [5.41, 5.74) is 1.77. The minimum absolute atomic E-state index is 0.00960. The third kappa shape index (κ3) is 2.87. The van der Waals surface area contributed by atoms with Crippen LogP contribution in [-0.4, -0.2) is 30.7 Å². The monoisotopic (exact) mass is 400 g/mol. The van der Waals surface area contributed by atoms with Crippen LogP contribution in [0, 0.1) is 39.9 Å². The zero-order valence-electron chi connectivity index (χ0n) is 18.9. The first-order valence-electron chi connectivity index (χ1n) is 12.2. The lowest BCUT2D eigenvalue weighted by Gasteiger charge is -2.63. The quantitative estimate of drug-likeness (QED) is 0.666. The van der Waals surface area contributed by atoms with Crippen LogP contribution in [0.25, 0.3) is 0 Å². The molecule has 4 saturated carbocycles. The molecule has 162 valence electrons. The number of carbonyl (C=O) groups is 1. The Morgan fingerprint density at radius 3 is 2.55 bits per heavy atom. The van der Waals surface area contributed by atoms with Gasteiger partial charge in [0.25, 0.3) is 0 Å². The van der Waals surface area contributed by atoms with Crippen LogP contribution in [0.2, 0.25) is 0 Å². The van der Waals surface area contributed by atoms with Crippen molar-refractivity contribution in [2.75, 3.05) is 13.1 Å². The molecule has 4 nitrogen and oxygen atoms in total. The summed E-state index contributed by atoms with van der Waals surface area (Å²) in [6.45, 7) is 11.7. The number of ketones is 1. The summed E-state index contributed by atoms with van der Waals surface area (Å²) < 4.78 is 0. The Hall–Kier alpha value is -0.900. The molecule has 0 aromatic carbocycles. The van der Waals surface area contributed by atoms with Gasteiger partial charge in [-0.1, -0.05) is 32.9 Å². The molecule has 0 amide bonds. The Kier molecular flexibility index (Phi) is 4.70. The van der Waals surface area contributed by atoms with Gasteiger partial charge in [0.05, 0.1) is 5.71 Å². The molecule has 5 fully saturated rings. The molecule has 1 N–H and O–H groups in total. The summed E-state index contributed by atoms with van der Waals surface area (Å²) in [7, 11) is 0. The van der Waals surface area contributed by atoms with Crippen molar-refractivity contribution >= 4 is 11.5 Å². The second-order valence-corrected chi connectivity index (χ2v) is 11.9. The van der Waals surface area contributed by atoms with E-state index in [-0.39, 0.29) is 16.9 Å². The number of oxime groups is 1. The summed E-state index contributed by atoms with van der Waals surface area (Å²) in [4.78, 5) is 18.6. The number of hydrogen-bond donors (Lipinski definition) is 1. The number of rotatable bonds is 2. The molecule has 0 aromatic rings. The highest BCUT2D eigenvalue weighted by atomic mass is 16.6. The fourth-order valence-electron chi connectivity index (χ4n) is 8.70. The molecule has 0 spiro atoms. The lowest BCUT2D eigenvalue weighted by Crippen LogP contribution is -2.58. The van der Waals surface area contributed by atoms with Crippen LogP contribution in [0.3, 0.4) is 0 Å². The van der Waals surface area contributed by atoms with E-state index in [2.05, 4.69) is 33.0 Å². The molecule has 1 unspecified atom stereocenters. The summed E-state index contributed by atoms with van der Waals surface area (Å²) in [5.74, 6) is 3.42. The molecular formula is C25H40N2O2. The third-order valence-electron chi connectivity index (χ3n) is 10.4. The average molecular weight is 401 g/mol. The third-order valence-corrected chi connectivity index (χ3v) is 10.4. The highest BCUT2D eigenvalue weighted by Gasteiger charge is 2.62. The van der Waals surface area contributed by atoms with Gasteiger partial charge >= 0.3 is 0 Å². The second-order valence-electron chi connectivity index (χ2n) is 11.9. The molecule has 1 aliphatic heterocycles.